The number of phenolic OH excluding ortho intramolecular Hbond substituents is 1. The molecule has 0 aliphatic carbocycles. The summed E-state index contributed by atoms with van der Waals surface area (Å²) in [7, 11) is 0. The van der Waals surface area contributed by atoms with Crippen LogP contribution in [-0.2, 0) is 0 Å². The Labute approximate surface area is 100 Å². The predicted molar refractivity (Wildman–Crippen MR) is 64.9 cm³/mol. The quantitative estimate of drug-likeness (QED) is 0.661. The Balaban J connectivity index is 2.18. The molecule has 1 heterocycles. The van der Waals surface area contributed by atoms with Gasteiger partial charge in [-0.3, -0.25) is 4.79 Å². The zero-order valence-electron chi connectivity index (χ0n) is 9.60. The standard InChI is InChI=1S/C12H17N3O2/c13-7-10-8-14-4-5-15(10)12(17)9-2-1-3-11(16)6-9/h1-3,6,10,14,16H,4-5,7-8,13H2. The Kier molecular flexibility index (Phi) is 3.61. The van der Waals surface area contributed by atoms with E-state index < -0.39 is 0 Å². The number of phenols is 1. The second-order valence-electron chi connectivity index (χ2n) is 4.14. The van der Waals surface area contributed by atoms with E-state index >= 15 is 0 Å². The molecule has 2 rings (SSSR count). The number of nitrogens with one attached hydrogen (secondary N) is 1. The van der Waals surface area contributed by atoms with Crippen LogP contribution < -0.4 is 11.1 Å². The number of amides is 1. The van der Waals surface area contributed by atoms with Crippen molar-refractivity contribution in [3.8, 4) is 5.75 Å². The average molecular weight is 235 g/mol. The minimum Gasteiger partial charge on any atom is -0.508 e. The highest BCUT2D eigenvalue weighted by Gasteiger charge is 2.26. The van der Waals surface area contributed by atoms with Gasteiger partial charge in [-0.05, 0) is 18.2 Å². The number of benzene rings is 1. The number of carbonyl (C=O) groups excluding carboxylic acids is 1. The van der Waals surface area contributed by atoms with Crippen molar-refractivity contribution in [2.24, 2.45) is 5.73 Å². The van der Waals surface area contributed by atoms with Crippen molar-refractivity contribution in [3.05, 3.63) is 29.8 Å². The molecule has 0 spiro atoms. The maximum Gasteiger partial charge on any atom is 0.254 e. The lowest BCUT2D eigenvalue weighted by Crippen LogP contribution is -2.56. The van der Waals surface area contributed by atoms with Gasteiger partial charge in [-0.2, -0.15) is 0 Å². The first-order chi connectivity index (χ1) is 8.22. The minimum atomic E-state index is -0.0714. The third-order valence-corrected chi connectivity index (χ3v) is 2.98. The molecular formula is C12H17N3O2. The van der Waals surface area contributed by atoms with E-state index in [1.165, 1.54) is 6.07 Å². The molecule has 5 nitrogen and oxygen atoms in total. The fraction of sp³-hybridized carbons (Fsp3) is 0.417. The summed E-state index contributed by atoms with van der Waals surface area (Å²) in [5.74, 6) is 0.0353. The average Bonchev–Trinajstić information content (AvgIpc) is 2.38. The molecule has 0 radical (unpaired) electrons. The van der Waals surface area contributed by atoms with Gasteiger partial charge in [-0.15, -0.1) is 0 Å². The van der Waals surface area contributed by atoms with Crippen molar-refractivity contribution in [3.63, 3.8) is 0 Å². The summed E-state index contributed by atoms with van der Waals surface area (Å²) in [6.45, 7) is 2.59. The predicted octanol–water partition coefficient (Wildman–Crippen LogP) is -0.235. The summed E-state index contributed by atoms with van der Waals surface area (Å²) in [5.41, 5.74) is 6.16. The molecule has 1 atom stereocenters. The molecule has 92 valence electrons. The zero-order chi connectivity index (χ0) is 12.3. The summed E-state index contributed by atoms with van der Waals surface area (Å²) in [5, 5.41) is 12.6. The molecule has 1 saturated heterocycles. The van der Waals surface area contributed by atoms with E-state index in [9.17, 15) is 9.90 Å². The van der Waals surface area contributed by atoms with Crippen LogP contribution in [0, 0.1) is 0 Å². The second kappa shape index (κ2) is 5.16. The number of nitrogens with two attached hydrogens (primary N) is 1. The molecule has 4 N–H and O–H groups in total. The summed E-state index contributed by atoms with van der Waals surface area (Å²) in [6, 6.07) is 6.44. The fourth-order valence-corrected chi connectivity index (χ4v) is 2.04. The smallest absolute Gasteiger partial charge is 0.254 e. The molecule has 1 unspecified atom stereocenters. The van der Waals surface area contributed by atoms with Gasteiger partial charge >= 0.3 is 0 Å². The van der Waals surface area contributed by atoms with Gasteiger partial charge in [0.15, 0.2) is 0 Å². The van der Waals surface area contributed by atoms with Crippen LogP contribution >= 0.6 is 0 Å². The topological polar surface area (TPSA) is 78.6 Å². The van der Waals surface area contributed by atoms with Gasteiger partial charge in [0.25, 0.3) is 5.91 Å². The number of piperazine rings is 1. The maximum absolute atomic E-state index is 12.3. The van der Waals surface area contributed by atoms with E-state index in [0.29, 0.717) is 18.7 Å². The Hall–Kier alpha value is -1.59. The van der Waals surface area contributed by atoms with Crippen molar-refractivity contribution >= 4 is 5.91 Å². The SMILES string of the molecule is NCC1CNCCN1C(=O)c1cccc(O)c1. The molecule has 1 fully saturated rings. The number of hydrogen-bond donors (Lipinski definition) is 3. The van der Waals surface area contributed by atoms with Gasteiger partial charge in [-0.25, -0.2) is 0 Å². The third kappa shape index (κ3) is 2.57. The Bertz CT molecular complexity index is 408. The van der Waals surface area contributed by atoms with Gasteiger partial charge in [0.1, 0.15) is 5.75 Å². The zero-order valence-corrected chi connectivity index (χ0v) is 9.60. The Morgan fingerprint density at radius 3 is 3.12 bits per heavy atom. The van der Waals surface area contributed by atoms with E-state index in [2.05, 4.69) is 5.32 Å². The summed E-state index contributed by atoms with van der Waals surface area (Å²) < 4.78 is 0. The van der Waals surface area contributed by atoms with Crippen LogP contribution in [0.3, 0.4) is 0 Å². The Morgan fingerprint density at radius 2 is 2.41 bits per heavy atom. The number of nitrogens with zero attached hydrogens (tertiary/aromatic N) is 1. The summed E-state index contributed by atoms with van der Waals surface area (Å²) in [4.78, 5) is 14.0. The molecule has 1 aromatic carbocycles. The van der Waals surface area contributed by atoms with Crippen molar-refractivity contribution in [2.45, 2.75) is 6.04 Å². The van der Waals surface area contributed by atoms with Crippen molar-refractivity contribution in [1.29, 1.82) is 0 Å². The van der Waals surface area contributed by atoms with Gasteiger partial charge in [-0.1, -0.05) is 6.07 Å². The first-order valence-corrected chi connectivity index (χ1v) is 5.73. The number of rotatable bonds is 2. The monoisotopic (exact) mass is 235 g/mol. The fourth-order valence-electron chi connectivity index (χ4n) is 2.04. The molecule has 0 bridgehead atoms. The molecule has 0 saturated carbocycles. The number of hydrogen-bond acceptors (Lipinski definition) is 4. The molecule has 1 aliphatic rings. The molecule has 0 aromatic heterocycles. The summed E-state index contributed by atoms with van der Waals surface area (Å²) in [6.07, 6.45) is 0. The first-order valence-electron chi connectivity index (χ1n) is 5.73. The lowest BCUT2D eigenvalue weighted by Gasteiger charge is -2.35. The largest absolute Gasteiger partial charge is 0.508 e. The molecule has 1 aliphatic heterocycles. The van der Waals surface area contributed by atoms with Gasteiger partial charge in [0.05, 0.1) is 6.04 Å². The minimum absolute atomic E-state index is 0.0265. The molecule has 1 amide bonds. The van der Waals surface area contributed by atoms with Gasteiger partial charge in [0.2, 0.25) is 0 Å². The van der Waals surface area contributed by atoms with Crippen LogP contribution in [0.25, 0.3) is 0 Å². The third-order valence-electron chi connectivity index (χ3n) is 2.98. The van der Waals surface area contributed by atoms with Crippen LogP contribution in [0.5, 0.6) is 5.75 Å². The normalized spacial score (nSPS) is 20.3. The van der Waals surface area contributed by atoms with Crippen LogP contribution in [0.1, 0.15) is 10.4 Å². The van der Waals surface area contributed by atoms with Crippen LogP contribution in [0.15, 0.2) is 24.3 Å². The van der Waals surface area contributed by atoms with Crippen LogP contribution in [0.2, 0.25) is 0 Å². The van der Waals surface area contributed by atoms with E-state index in [1.54, 1.807) is 23.1 Å². The van der Waals surface area contributed by atoms with Gasteiger partial charge < -0.3 is 21.1 Å². The van der Waals surface area contributed by atoms with Crippen LogP contribution in [-0.4, -0.2) is 48.1 Å². The maximum atomic E-state index is 12.3. The lowest BCUT2D eigenvalue weighted by molar-refractivity contribution is 0.0644. The van der Waals surface area contributed by atoms with E-state index in [0.717, 1.165) is 13.1 Å². The second-order valence-corrected chi connectivity index (χ2v) is 4.14. The highest BCUT2D eigenvalue weighted by molar-refractivity contribution is 5.94. The molecule has 5 heteroatoms. The van der Waals surface area contributed by atoms with Crippen molar-refractivity contribution < 1.29 is 9.90 Å². The van der Waals surface area contributed by atoms with E-state index in [-0.39, 0.29) is 17.7 Å². The van der Waals surface area contributed by atoms with Crippen molar-refractivity contribution in [2.75, 3.05) is 26.2 Å². The van der Waals surface area contributed by atoms with Crippen molar-refractivity contribution in [1.82, 2.24) is 10.2 Å². The number of aromatic hydroxyl groups is 1. The molecule has 17 heavy (non-hydrogen) atoms. The lowest BCUT2D eigenvalue weighted by atomic mass is 10.1. The number of carbonyl (C=O) groups is 1. The highest BCUT2D eigenvalue weighted by Crippen LogP contribution is 2.15. The van der Waals surface area contributed by atoms with Crippen LogP contribution in [0.4, 0.5) is 0 Å². The summed E-state index contributed by atoms with van der Waals surface area (Å²) >= 11 is 0. The van der Waals surface area contributed by atoms with Gasteiger partial charge in [0, 0.05) is 31.7 Å². The Morgan fingerprint density at radius 1 is 1.59 bits per heavy atom. The highest BCUT2D eigenvalue weighted by atomic mass is 16.3. The molecular weight excluding hydrogens is 218 g/mol. The van der Waals surface area contributed by atoms with E-state index in [4.69, 9.17) is 5.73 Å². The first kappa shape index (κ1) is 11.9. The molecule has 1 aromatic rings. The van der Waals surface area contributed by atoms with E-state index in [1.807, 2.05) is 0 Å².